The molecule has 1 heterocycles. The number of nitrogens with one attached hydrogen (secondary N) is 1. The number of fused-ring (bicyclic) bond motifs is 1. The highest BCUT2D eigenvalue weighted by atomic mass is 35.5. The van der Waals surface area contributed by atoms with Gasteiger partial charge in [0.2, 0.25) is 11.6 Å². The number of hydrogen-bond acceptors (Lipinski definition) is 6. The third kappa shape index (κ3) is 3.43. The highest BCUT2D eigenvalue weighted by Gasteiger charge is 2.30. The summed E-state index contributed by atoms with van der Waals surface area (Å²) in [6.45, 7) is 0.260. The average molecular weight is 407 g/mol. The molecule has 3 aromatic rings. The van der Waals surface area contributed by atoms with Crippen molar-refractivity contribution in [2.45, 2.75) is 6.54 Å². The van der Waals surface area contributed by atoms with Gasteiger partial charge in [-0.25, -0.2) is 4.68 Å². The molecule has 0 saturated carbocycles. The SMILES string of the molecule is Nc1ccn(C(=O)c2ccc(CNC3=C(Cl)C(=O)c4ccccc4C3=O)cc2)n1. The van der Waals surface area contributed by atoms with Crippen LogP contribution >= 0.6 is 11.6 Å². The van der Waals surface area contributed by atoms with Gasteiger partial charge >= 0.3 is 0 Å². The van der Waals surface area contributed by atoms with E-state index in [9.17, 15) is 14.4 Å². The van der Waals surface area contributed by atoms with Gasteiger partial charge in [0.15, 0.2) is 0 Å². The first kappa shape index (κ1) is 18.6. The number of ketones is 2. The van der Waals surface area contributed by atoms with Crippen molar-refractivity contribution in [1.29, 1.82) is 0 Å². The zero-order valence-electron chi connectivity index (χ0n) is 15.1. The molecule has 144 valence electrons. The molecule has 0 radical (unpaired) electrons. The summed E-state index contributed by atoms with van der Waals surface area (Å²) in [5, 5.41) is 6.71. The number of hydrogen-bond donors (Lipinski definition) is 2. The Balaban J connectivity index is 1.49. The lowest BCUT2D eigenvalue weighted by Gasteiger charge is -2.19. The Morgan fingerprint density at radius 2 is 1.66 bits per heavy atom. The number of nitrogen functional groups attached to an aromatic ring is 1. The Kier molecular flexibility index (Phi) is 4.74. The number of allylic oxidation sites excluding steroid dienone is 2. The summed E-state index contributed by atoms with van der Waals surface area (Å²) in [4.78, 5) is 37.4. The van der Waals surface area contributed by atoms with Crippen LogP contribution in [0.4, 0.5) is 5.82 Å². The van der Waals surface area contributed by atoms with E-state index in [-0.39, 0.29) is 40.6 Å². The first-order valence-electron chi connectivity index (χ1n) is 8.72. The Labute approximate surface area is 170 Å². The fourth-order valence-corrected chi connectivity index (χ4v) is 3.30. The predicted octanol–water partition coefficient (Wildman–Crippen LogP) is 2.77. The van der Waals surface area contributed by atoms with Crippen LogP contribution in [0.5, 0.6) is 0 Å². The van der Waals surface area contributed by atoms with Gasteiger partial charge in [0.05, 0.1) is 0 Å². The van der Waals surface area contributed by atoms with Crippen LogP contribution in [0.2, 0.25) is 0 Å². The summed E-state index contributed by atoms with van der Waals surface area (Å²) in [7, 11) is 0. The van der Waals surface area contributed by atoms with E-state index >= 15 is 0 Å². The van der Waals surface area contributed by atoms with Crippen LogP contribution in [0.1, 0.15) is 36.6 Å². The van der Waals surface area contributed by atoms with Crippen molar-refractivity contribution in [3.8, 4) is 0 Å². The minimum Gasteiger partial charge on any atom is -0.382 e. The zero-order valence-corrected chi connectivity index (χ0v) is 15.8. The van der Waals surface area contributed by atoms with E-state index in [1.807, 2.05) is 0 Å². The van der Waals surface area contributed by atoms with Crippen molar-refractivity contribution in [2.24, 2.45) is 0 Å². The molecule has 8 heteroatoms. The second-order valence-corrected chi connectivity index (χ2v) is 6.81. The highest BCUT2D eigenvalue weighted by Crippen LogP contribution is 2.27. The third-order valence-electron chi connectivity index (χ3n) is 4.55. The molecule has 0 amide bonds. The fourth-order valence-electron chi connectivity index (χ4n) is 3.04. The average Bonchev–Trinajstić information content (AvgIpc) is 3.18. The van der Waals surface area contributed by atoms with Crippen molar-refractivity contribution in [3.63, 3.8) is 0 Å². The molecule has 4 rings (SSSR count). The van der Waals surface area contributed by atoms with Crippen molar-refractivity contribution in [2.75, 3.05) is 5.73 Å². The van der Waals surface area contributed by atoms with Crippen LogP contribution in [0.25, 0.3) is 0 Å². The molecule has 0 unspecified atom stereocenters. The molecule has 0 fully saturated rings. The molecule has 0 spiro atoms. The van der Waals surface area contributed by atoms with Gasteiger partial charge in [-0.1, -0.05) is 48.0 Å². The highest BCUT2D eigenvalue weighted by molar-refractivity contribution is 6.49. The maximum absolute atomic E-state index is 12.7. The first-order valence-corrected chi connectivity index (χ1v) is 9.10. The Bertz CT molecular complexity index is 1180. The minimum atomic E-state index is -0.385. The Morgan fingerprint density at radius 1 is 1.00 bits per heavy atom. The molecule has 0 atom stereocenters. The third-order valence-corrected chi connectivity index (χ3v) is 4.91. The van der Waals surface area contributed by atoms with Gasteiger partial charge in [-0.05, 0) is 17.7 Å². The van der Waals surface area contributed by atoms with Crippen LogP contribution in [0, 0.1) is 0 Å². The molecule has 1 aromatic heterocycles. The van der Waals surface area contributed by atoms with Crippen molar-refractivity contribution in [1.82, 2.24) is 15.1 Å². The number of nitrogens with two attached hydrogens (primary N) is 1. The molecule has 29 heavy (non-hydrogen) atoms. The smallest absolute Gasteiger partial charge is 0.278 e. The predicted molar refractivity (Wildman–Crippen MR) is 108 cm³/mol. The zero-order chi connectivity index (χ0) is 20.5. The van der Waals surface area contributed by atoms with Gasteiger partial charge in [-0.15, -0.1) is 5.10 Å². The van der Waals surface area contributed by atoms with Crippen LogP contribution in [-0.2, 0) is 6.54 Å². The second kappa shape index (κ2) is 7.37. The molecule has 0 bridgehead atoms. The van der Waals surface area contributed by atoms with E-state index in [0.29, 0.717) is 16.7 Å². The lowest BCUT2D eigenvalue weighted by molar-refractivity contribution is 0.0944. The molecular formula is C21H15ClN4O3. The lowest BCUT2D eigenvalue weighted by atomic mass is 9.92. The number of nitrogens with zero attached hydrogens (tertiary/aromatic N) is 2. The van der Waals surface area contributed by atoms with Gasteiger partial charge in [0, 0.05) is 35.5 Å². The van der Waals surface area contributed by atoms with Crippen LogP contribution < -0.4 is 11.1 Å². The number of anilines is 1. The normalized spacial score (nSPS) is 13.4. The molecule has 0 saturated heterocycles. The number of carbonyl (C=O) groups excluding carboxylic acids is 3. The monoisotopic (exact) mass is 406 g/mol. The quantitative estimate of drug-likeness (QED) is 0.689. The molecule has 2 aromatic carbocycles. The van der Waals surface area contributed by atoms with Crippen LogP contribution in [-0.4, -0.2) is 27.3 Å². The molecular weight excluding hydrogens is 392 g/mol. The second-order valence-electron chi connectivity index (χ2n) is 6.43. The number of halogens is 1. The van der Waals surface area contributed by atoms with Crippen LogP contribution in [0.15, 0.2) is 71.5 Å². The number of benzene rings is 2. The van der Waals surface area contributed by atoms with E-state index in [1.54, 1.807) is 48.5 Å². The van der Waals surface area contributed by atoms with E-state index in [0.717, 1.165) is 10.2 Å². The molecule has 1 aliphatic rings. The molecule has 1 aliphatic carbocycles. The fraction of sp³-hybridized carbons (Fsp3) is 0.0476. The maximum atomic E-state index is 12.7. The van der Waals surface area contributed by atoms with Gasteiger partial charge in [0.25, 0.3) is 5.91 Å². The summed E-state index contributed by atoms with van der Waals surface area (Å²) in [5.41, 5.74) is 7.47. The summed E-state index contributed by atoms with van der Waals surface area (Å²) in [6, 6.07) is 14.9. The van der Waals surface area contributed by atoms with Gasteiger partial charge in [-0.3, -0.25) is 14.4 Å². The largest absolute Gasteiger partial charge is 0.382 e. The molecule has 3 N–H and O–H groups in total. The van der Waals surface area contributed by atoms with Gasteiger partial charge in [-0.2, -0.15) is 0 Å². The number of Topliss-reactive ketones (excluding diaryl/α,β-unsaturated/α-hetero) is 2. The van der Waals surface area contributed by atoms with Crippen molar-refractivity contribution >= 4 is 34.9 Å². The minimum absolute atomic E-state index is 0.0718. The van der Waals surface area contributed by atoms with E-state index in [1.165, 1.54) is 12.3 Å². The molecule has 0 aliphatic heterocycles. The summed E-state index contributed by atoms with van der Waals surface area (Å²) >= 11 is 6.14. The number of aromatic nitrogens is 2. The topological polar surface area (TPSA) is 107 Å². The Hall–Kier alpha value is -3.71. The number of rotatable bonds is 4. The Morgan fingerprint density at radius 3 is 2.28 bits per heavy atom. The first-order chi connectivity index (χ1) is 14.0. The van der Waals surface area contributed by atoms with Crippen LogP contribution in [0.3, 0.4) is 0 Å². The standard InChI is InChI=1S/C21H15ClN4O3/c22-17-18(20(28)15-4-2-1-3-14(15)19(17)27)24-11-12-5-7-13(8-6-12)21(29)26-10-9-16(23)25-26/h1-10,24H,11H2,(H2,23,25). The lowest BCUT2D eigenvalue weighted by Crippen LogP contribution is -2.28. The van der Waals surface area contributed by atoms with Gasteiger partial charge in [0.1, 0.15) is 16.5 Å². The summed E-state index contributed by atoms with van der Waals surface area (Å²) in [5.74, 6) is -0.758. The maximum Gasteiger partial charge on any atom is 0.278 e. The molecule has 7 nitrogen and oxygen atoms in total. The summed E-state index contributed by atoms with van der Waals surface area (Å²) in [6.07, 6.45) is 1.49. The van der Waals surface area contributed by atoms with Gasteiger partial charge < -0.3 is 11.1 Å². The van der Waals surface area contributed by atoms with E-state index < -0.39 is 0 Å². The van der Waals surface area contributed by atoms with Crippen molar-refractivity contribution < 1.29 is 14.4 Å². The van der Waals surface area contributed by atoms with E-state index in [4.69, 9.17) is 17.3 Å². The number of carbonyl (C=O) groups is 3. The summed E-state index contributed by atoms with van der Waals surface area (Å²) < 4.78 is 1.16. The van der Waals surface area contributed by atoms with E-state index in [2.05, 4.69) is 10.4 Å². The van der Waals surface area contributed by atoms with Crippen molar-refractivity contribution in [3.05, 3.63) is 93.8 Å².